The molecular formula is C22H26BrN5OS. The summed E-state index contributed by atoms with van der Waals surface area (Å²) in [6.45, 7) is 0.734. The van der Waals surface area contributed by atoms with Crippen LogP contribution in [0.1, 0.15) is 35.4 Å². The normalized spacial score (nSPS) is 18.9. The summed E-state index contributed by atoms with van der Waals surface area (Å²) in [5.41, 5.74) is 0.954. The quantitative estimate of drug-likeness (QED) is 0.516. The van der Waals surface area contributed by atoms with Crippen molar-refractivity contribution in [3.05, 3.63) is 45.1 Å². The highest BCUT2D eigenvalue weighted by Crippen LogP contribution is 2.28. The van der Waals surface area contributed by atoms with Gasteiger partial charge in [-0.05, 0) is 71.8 Å². The van der Waals surface area contributed by atoms with Gasteiger partial charge < -0.3 is 15.5 Å². The fourth-order valence-electron chi connectivity index (χ4n) is 3.92. The van der Waals surface area contributed by atoms with Gasteiger partial charge in [0.15, 0.2) is 0 Å². The number of thiophene rings is 1. The van der Waals surface area contributed by atoms with Crippen molar-refractivity contribution >= 4 is 55.8 Å². The Morgan fingerprint density at radius 1 is 1.13 bits per heavy atom. The molecule has 6 nitrogen and oxygen atoms in total. The maximum atomic E-state index is 12.2. The number of hydrogen-bond acceptors (Lipinski definition) is 6. The second-order valence-electron chi connectivity index (χ2n) is 7.96. The average Bonchev–Trinajstić information content (AvgIpc) is 3.19. The van der Waals surface area contributed by atoms with Crippen LogP contribution in [0.15, 0.2) is 40.2 Å². The molecule has 30 heavy (non-hydrogen) atoms. The van der Waals surface area contributed by atoms with Crippen molar-refractivity contribution in [1.82, 2.24) is 15.3 Å². The third-order valence-corrected chi connectivity index (χ3v) is 7.16. The van der Waals surface area contributed by atoms with Crippen molar-refractivity contribution in [2.75, 3.05) is 30.9 Å². The molecule has 4 rings (SSSR count). The summed E-state index contributed by atoms with van der Waals surface area (Å²) in [6.07, 6.45) is 4.28. The SMILES string of the molecule is CN(C)c1nc(N[C@H]2CC[C@@H](CNC(=O)c3ccc(Br)s3)CC2)nc2ccccc12. The Balaban J connectivity index is 1.32. The number of rotatable bonds is 6. The average molecular weight is 488 g/mol. The number of fused-ring (bicyclic) bond motifs is 1. The number of benzene rings is 1. The zero-order valence-corrected chi connectivity index (χ0v) is 19.6. The molecule has 0 aliphatic heterocycles. The van der Waals surface area contributed by atoms with E-state index in [1.165, 1.54) is 11.3 Å². The van der Waals surface area contributed by atoms with E-state index in [0.29, 0.717) is 17.9 Å². The van der Waals surface area contributed by atoms with E-state index < -0.39 is 0 Å². The van der Waals surface area contributed by atoms with Gasteiger partial charge in [0.25, 0.3) is 5.91 Å². The van der Waals surface area contributed by atoms with E-state index >= 15 is 0 Å². The van der Waals surface area contributed by atoms with Crippen molar-refractivity contribution in [3.8, 4) is 0 Å². The van der Waals surface area contributed by atoms with Crippen LogP contribution in [0.5, 0.6) is 0 Å². The first-order chi connectivity index (χ1) is 14.5. The van der Waals surface area contributed by atoms with Gasteiger partial charge in [-0.3, -0.25) is 4.79 Å². The molecule has 0 spiro atoms. The monoisotopic (exact) mass is 487 g/mol. The smallest absolute Gasteiger partial charge is 0.261 e. The van der Waals surface area contributed by atoms with E-state index in [9.17, 15) is 4.79 Å². The summed E-state index contributed by atoms with van der Waals surface area (Å²) in [5.74, 6) is 2.16. The van der Waals surface area contributed by atoms with Crippen LogP contribution in [0, 0.1) is 5.92 Å². The molecule has 1 aromatic carbocycles. The second kappa shape index (κ2) is 9.31. The maximum Gasteiger partial charge on any atom is 0.261 e. The molecule has 1 saturated carbocycles. The van der Waals surface area contributed by atoms with Crippen LogP contribution in [0.25, 0.3) is 10.9 Å². The third-order valence-electron chi connectivity index (χ3n) is 5.53. The Hall–Kier alpha value is -2.19. The molecule has 2 N–H and O–H groups in total. The zero-order valence-electron chi connectivity index (χ0n) is 17.2. The molecule has 2 aromatic heterocycles. The first kappa shape index (κ1) is 21.1. The van der Waals surface area contributed by atoms with Crippen LogP contribution >= 0.6 is 27.3 Å². The summed E-state index contributed by atoms with van der Waals surface area (Å²) < 4.78 is 0.979. The molecule has 1 aliphatic rings. The van der Waals surface area contributed by atoms with Gasteiger partial charge in [-0.25, -0.2) is 4.98 Å². The molecule has 1 amide bonds. The van der Waals surface area contributed by atoms with Crippen molar-refractivity contribution < 1.29 is 4.79 Å². The number of halogens is 1. The predicted octanol–water partition coefficient (Wildman–Crippen LogP) is 4.92. The minimum Gasteiger partial charge on any atom is -0.362 e. The van der Waals surface area contributed by atoms with Crippen LogP contribution in [0.2, 0.25) is 0 Å². The molecule has 0 radical (unpaired) electrons. The van der Waals surface area contributed by atoms with E-state index in [0.717, 1.165) is 57.6 Å². The minimum absolute atomic E-state index is 0.0201. The van der Waals surface area contributed by atoms with Crippen molar-refractivity contribution in [2.24, 2.45) is 5.92 Å². The van der Waals surface area contributed by atoms with Crippen LogP contribution in [-0.4, -0.2) is 42.6 Å². The van der Waals surface area contributed by atoms with Gasteiger partial charge in [0.05, 0.1) is 14.2 Å². The number of para-hydroxylation sites is 1. The van der Waals surface area contributed by atoms with Gasteiger partial charge in [-0.15, -0.1) is 11.3 Å². The number of aromatic nitrogens is 2. The van der Waals surface area contributed by atoms with E-state index in [1.54, 1.807) is 0 Å². The summed E-state index contributed by atoms with van der Waals surface area (Å²) in [4.78, 5) is 24.5. The summed E-state index contributed by atoms with van der Waals surface area (Å²) >= 11 is 4.87. The molecule has 3 aromatic rings. The zero-order chi connectivity index (χ0) is 21.1. The maximum absolute atomic E-state index is 12.2. The van der Waals surface area contributed by atoms with Crippen molar-refractivity contribution in [1.29, 1.82) is 0 Å². The molecule has 0 bridgehead atoms. The molecule has 1 fully saturated rings. The van der Waals surface area contributed by atoms with Crippen LogP contribution < -0.4 is 15.5 Å². The number of amides is 1. The molecule has 1 aliphatic carbocycles. The number of nitrogens with one attached hydrogen (secondary N) is 2. The lowest BCUT2D eigenvalue weighted by molar-refractivity contribution is 0.0947. The molecule has 2 heterocycles. The lowest BCUT2D eigenvalue weighted by Gasteiger charge is -2.29. The van der Waals surface area contributed by atoms with Crippen molar-refractivity contribution in [3.63, 3.8) is 0 Å². The van der Waals surface area contributed by atoms with Crippen LogP contribution in [-0.2, 0) is 0 Å². The number of carbonyl (C=O) groups excluding carboxylic acids is 1. The fraction of sp³-hybridized carbons (Fsp3) is 0.409. The minimum atomic E-state index is 0.0201. The van der Waals surface area contributed by atoms with Crippen LogP contribution in [0.3, 0.4) is 0 Å². The van der Waals surface area contributed by atoms with E-state index in [1.807, 2.05) is 49.3 Å². The predicted molar refractivity (Wildman–Crippen MR) is 128 cm³/mol. The lowest BCUT2D eigenvalue weighted by Crippen LogP contribution is -2.34. The lowest BCUT2D eigenvalue weighted by atomic mass is 9.86. The second-order valence-corrected chi connectivity index (χ2v) is 10.4. The van der Waals surface area contributed by atoms with Gasteiger partial charge >= 0.3 is 0 Å². The topological polar surface area (TPSA) is 70.2 Å². The number of nitrogens with zero attached hydrogens (tertiary/aromatic N) is 3. The largest absolute Gasteiger partial charge is 0.362 e. The Labute approximate surface area is 189 Å². The van der Waals surface area contributed by atoms with E-state index in [4.69, 9.17) is 9.97 Å². The molecule has 158 valence electrons. The van der Waals surface area contributed by atoms with Gasteiger partial charge in [0.1, 0.15) is 5.82 Å². The molecule has 0 atom stereocenters. The standard InChI is InChI=1S/C22H26BrN5OS/c1-28(2)20-16-5-3-4-6-17(16)26-22(27-20)25-15-9-7-14(8-10-15)13-24-21(29)18-11-12-19(23)30-18/h3-6,11-12,14-15H,7-10,13H2,1-2H3,(H,24,29)(H,25,26,27)/t14-,15+. The Morgan fingerprint density at radius 3 is 2.60 bits per heavy atom. The Bertz CT molecular complexity index is 1030. The van der Waals surface area contributed by atoms with Gasteiger partial charge in [0, 0.05) is 32.1 Å². The number of hydrogen-bond donors (Lipinski definition) is 2. The van der Waals surface area contributed by atoms with Crippen molar-refractivity contribution in [2.45, 2.75) is 31.7 Å². The fourth-order valence-corrected chi connectivity index (χ4v) is 5.22. The molecule has 0 unspecified atom stereocenters. The summed E-state index contributed by atoms with van der Waals surface area (Å²) in [5, 5.41) is 7.69. The summed E-state index contributed by atoms with van der Waals surface area (Å²) in [7, 11) is 4.01. The highest BCUT2D eigenvalue weighted by atomic mass is 79.9. The van der Waals surface area contributed by atoms with E-state index in [2.05, 4.69) is 32.6 Å². The number of carbonyl (C=O) groups is 1. The van der Waals surface area contributed by atoms with Crippen LogP contribution in [0.4, 0.5) is 11.8 Å². The molecule has 0 saturated heterocycles. The van der Waals surface area contributed by atoms with Gasteiger partial charge in [-0.1, -0.05) is 12.1 Å². The van der Waals surface area contributed by atoms with Gasteiger partial charge in [0.2, 0.25) is 5.95 Å². The highest BCUT2D eigenvalue weighted by molar-refractivity contribution is 9.11. The molecular weight excluding hydrogens is 462 g/mol. The number of anilines is 2. The summed E-state index contributed by atoms with van der Waals surface area (Å²) in [6, 6.07) is 12.2. The first-order valence-electron chi connectivity index (χ1n) is 10.2. The first-order valence-corrected chi connectivity index (χ1v) is 11.8. The molecule has 8 heteroatoms. The third kappa shape index (κ3) is 4.92. The Morgan fingerprint density at radius 2 is 1.90 bits per heavy atom. The van der Waals surface area contributed by atoms with E-state index in [-0.39, 0.29) is 5.91 Å². The Kier molecular flexibility index (Phi) is 6.53. The highest BCUT2D eigenvalue weighted by Gasteiger charge is 2.23. The van der Waals surface area contributed by atoms with Gasteiger partial charge in [-0.2, -0.15) is 4.98 Å².